The Hall–Kier alpha value is -1.14. The van der Waals surface area contributed by atoms with Gasteiger partial charge >= 0.3 is 5.97 Å². The summed E-state index contributed by atoms with van der Waals surface area (Å²) in [6.45, 7) is 2.28. The highest BCUT2D eigenvalue weighted by Crippen LogP contribution is 2.20. The highest BCUT2D eigenvalue weighted by Gasteiger charge is 2.10. The Labute approximate surface area is 132 Å². The molecular weight excluding hydrogens is 340 g/mol. The summed E-state index contributed by atoms with van der Waals surface area (Å²) in [6.07, 6.45) is 3.41. The molecule has 0 unspecified atom stereocenters. The second-order valence-corrected chi connectivity index (χ2v) is 5.51. The van der Waals surface area contributed by atoms with Crippen molar-refractivity contribution in [1.29, 1.82) is 5.41 Å². The number of benzene rings is 1. The van der Waals surface area contributed by atoms with Crippen LogP contribution in [0.2, 0.25) is 0 Å². The Morgan fingerprint density at radius 2 is 2.20 bits per heavy atom. The number of rotatable bonds is 5. The van der Waals surface area contributed by atoms with E-state index >= 15 is 0 Å². The molecule has 1 heterocycles. The van der Waals surface area contributed by atoms with Crippen molar-refractivity contribution in [3.8, 4) is 0 Å². The van der Waals surface area contributed by atoms with Gasteiger partial charge in [-0.2, -0.15) is 0 Å². The van der Waals surface area contributed by atoms with Crippen LogP contribution in [0.3, 0.4) is 0 Å². The van der Waals surface area contributed by atoms with Crippen LogP contribution in [-0.4, -0.2) is 17.6 Å². The van der Waals surface area contributed by atoms with Gasteiger partial charge in [-0.3, -0.25) is 10.2 Å². The quantitative estimate of drug-likeness (QED) is 0.833. The van der Waals surface area contributed by atoms with Gasteiger partial charge in [0.25, 0.3) is 0 Å². The first-order chi connectivity index (χ1) is 9.15. The molecule has 0 amide bonds. The topological polar surface area (TPSA) is 55.1 Å². The van der Waals surface area contributed by atoms with E-state index in [4.69, 9.17) is 5.41 Å². The van der Waals surface area contributed by atoms with Crippen LogP contribution in [0.5, 0.6) is 0 Å². The summed E-state index contributed by atoms with van der Waals surface area (Å²) >= 11 is 1.40. The average Bonchev–Trinajstić information content (AvgIpc) is 2.72. The number of aryl methyl sites for hydroxylation is 1. The fraction of sp³-hybridized carbons (Fsp3) is 0.429. The minimum atomic E-state index is -0.326. The molecule has 0 atom stereocenters. The van der Waals surface area contributed by atoms with E-state index in [0.29, 0.717) is 4.80 Å². The fourth-order valence-corrected chi connectivity index (χ4v) is 2.99. The molecule has 0 saturated heterocycles. The second-order valence-electron chi connectivity index (χ2n) is 4.48. The normalized spacial score (nSPS) is 10.3. The van der Waals surface area contributed by atoms with E-state index in [2.05, 4.69) is 23.8 Å². The zero-order valence-electron chi connectivity index (χ0n) is 11.6. The number of aromatic nitrogens is 1. The van der Waals surface area contributed by atoms with Gasteiger partial charge in [0.15, 0.2) is 4.80 Å². The lowest BCUT2D eigenvalue weighted by Gasteiger charge is -2.04. The number of methoxy groups -OCH3 is 1. The molecule has 20 heavy (non-hydrogen) atoms. The SMILES string of the molecule is Br.CCCCc1ccc2c(c1)sc(=N)n2CC(=O)OC. The number of halogens is 1. The van der Waals surface area contributed by atoms with Gasteiger partial charge in [0.05, 0.1) is 17.3 Å². The Balaban J connectivity index is 0.00000200. The van der Waals surface area contributed by atoms with E-state index in [-0.39, 0.29) is 29.5 Å². The number of carbonyl (C=O) groups is 1. The van der Waals surface area contributed by atoms with Crippen LogP contribution in [0.1, 0.15) is 25.3 Å². The molecule has 2 rings (SSSR count). The van der Waals surface area contributed by atoms with Gasteiger partial charge in [-0.05, 0) is 30.5 Å². The third-order valence-corrected chi connectivity index (χ3v) is 4.06. The lowest BCUT2D eigenvalue weighted by molar-refractivity contribution is -0.141. The Bertz CT molecular complexity index is 648. The van der Waals surface area contributed by atoms with Gasteiger partial charge in [0.2, 0.25) is 0 Å². The van der Waals surface area contributed by atoms with Crippen molar-refractivity contribution in [3.63, 3.8) is 0 Å². The van der Waals surface area contributed by atoms with E-state index in [1.165, 1.54) is 36.9 Å². The summed E-state index contributed by atoms with van der Waals surface area (Å²) in [4.78, 5) is 11.7. The van der Waals surface area contributed by atoms with Crippen LogP contribution < -0.4 is 4.80 Å². The molecule has 110 valence electrons. The number of hydrogen-bond donors (Lipinski definition) is 1. The van der Waals surface area contributed by atoms with Crippen LogP contribution in [-0.2, 0) is 22.5 Å². The predicted octanol–water partition coefficient (Wildman–Crippen LogP) is 3.28. The average molecular weight is 359 g/mol. The molecule has 6 heteroatoms. The van der Waals surface area contributed by atoms with Gasteiger partial charge < -0.3 is 9.30 Å². The largest absolute Gasteiger partial charge is 0.468 e. The summed E-state index contributed by atoms with van der Waals surface area (Å²) in [5.41, 5.74) is 2.22. The van der Waals surface area contributed by atoms with E-state index in [1.807, 2.05) is 6.07 Å². The molecule has 0 aliphatic carbocycles. The molecule has 0 bridgehead atoms. The van der Waals surface area contributed by atoms with Crippen LogP contribution >= 0.6 is 28.3 Å². The molecule has 0 saturated carbocycles. The van der Waals surface area contributed by atoms with Crippen LogP contribution in [0.4, 0.5) is 0 Å². The molecule has 0 aliphatic heterocycles. The highest BCUT2D eigenvalue weighted by atomic mass is 79.9. The maximum atomic E-state index is 11.4. The second kappa shape index (κ2) is 7.59. The molecule has 1 aromatic carbocycles. The Morgan fingerprint density at radius 1 is 1.45 bits per heavy atom. The van der Waals surface area contributed by atoms with Gasteiger partial charge in [0, 0.05) is 0 Å². The van der Waals surface area contributed by atoms with E-state index in [9.17, 15) is 4.79 Å². The Morgan fingerprint density at radius 3 is 2.85 bits per heavy atom. The van der Waals surface area contributed by atoms with Crippen LogP contribution in [0.15, 0.2) is 18.2 Å². The van der Waals surface area contributed by atoms with Gasteiger partial charge in [-0.15, -0.1) is 17.0 Å². The summed E-state index contributed by atoms with van der Waals surface area (Å²) in [6, 6.07) is 6.21. The number of nitrogens with zero attached hydrogens (tertiary/aromatic N) is 1. The van der Waals surface area contributed by atoms with Crippen molar-refractivity contribution in [2.75, 3.05) is 7.11 Å². The molecule has 0 spiro atoms. The number of unbranched alkanes of at least 4 members (excludes halogenated alkanes) is 1. The summed E-state index contributed by atoms with van der Waals surface area (Å²) < 4.78 is 7.41. The lowest BCUT2D eigenvalue weighted by Crippen LogP contribution is -2.20. The van der Waals surface area contributed by atoms with Crippen LogP contribution in [0.25, 0.3) is 10.2 Å². The fourth-order valence-electron chi connectivity index (χ4n) is 2.02. The Kier molecular flexibility index (Phi) is 6.42. The third kappa shape index (κ3) is 3.70. The molecule has 0 fully saturated rings. The summed E-state index contributed by atoms with van der Waals surface area (Å²) in [7, 11) is 1.37. The molecule has 1 aromatic heterocycles. The van der Waals surface area contributed by atoms with Crippen molar-refractivity contribution < 1.29 is 9.53 Å². The van der Waals surface area contributed by atoms with Gasteiger partial charge in [-0.1, -0.05) is 30.7 Å². The molecule has 2 aromatic rings. The minimum Gasteiger partial charge on any atom is -0.468 e. The molecule has 0 radical (unpaired) electrons. The third-order valence-electron chi connectivity index (χ3n) is 3.10. The zero-order chi connectivity index (χ0) is 13.8. The monoisotopic (exact) mass is 358 g/mol. The number of nitrogens with one attached hydrogen (secondary N) is 1. The van der Waals surface area contributed by atoms with Crippen molar-refractivity contribution >= 4 is 44.5 Å². The van der Waals surface area contributed by atoms with E-state index < -0.39 is 0 Å². The maximum Gasteiger partial charge on any atom is 0.325 e. The smallest absolute Gasteiger partial charge is 0.325 e. The molecule has 0 aliphatic rings. The maximum absolute atomic E-state index is 11.4. The highest BCUT2D eigenvalue weighted by molar-refractivity contribution is 8.93. The summed E-state index contributed by atoms with van der Waals surface area (Å²) in [5.74, 6) is -0.326. The van der Waals surface area contributed by atoms with Gasteiger partial charge in [-0.25, -0.2) is 0 Å². The first-order valence-electron chi connectivity index (χ1n) is 6.39. The van der Waals surface area contributed by atoms with Crippen molar-refractivity contribution in [2.24, 2.45) is 0 Å². The molecule has 4 nitrogen and oxygen atoms in total. The van der Waals surface area contributed by atoms with Crippen LogP contribution in [0, 0.1) is 5.41 Å². The molecule has 1 N–H and O–H groups in total. The van der Waals surface area contributed by atoms with Gasteiger partial charge in [0.1, 0.15) is 6.54 Å². The summed E-state index contributed by atoms with van der Waals surface area (Å²) in [5, 5.41) is 7.95. The first kappa shape index (κ1) is 16.9. The van der Waals surface area contributed by atoms with Crippen molar-refractivity contribution in [3.05, 3.63) is 28.6 Å². The van der Waals surface area contributed by atoms with Crippen molar-refractivity contribution in [1.82, 2.24) is 4.57 Å². The minimum absolute atomic E-state index is 0. The van der Waals surface area contributed by atoms with Crippen molar-refractivity contribution in [2.45, 2.75) is 32.7 Å². The predicted molar refractivity (Wildman–Crippen MR) is 86.6 cm³/mol. The standard InChI is InChI=1S/C14H18N2O2S.BrH/c1-3-4-5-10-6-7-11-12(8-10)19-14(15)16(11)9-13(17)18-2;/h6-8,15H,3-5,9H2,1-2H3;1H. The van der Waals surface area contributed by atoms with E-state index in [1.54, 1.807) is 4.57 Å². The lowest BCUT2D eigenvalue weighted by atomic mass is 10.1. The first-order valence-corrected chi connectivity index (χ1v) is 7.21. The number of hydrogen-bond acceptors (Lipinski definition) is 4. The number of fused-ring (bicyclic) bond motifs is 1. The zero-order valence-corrected chi connectivity index (χ0v) is 14.2. The number of esters is 1. The van der Waals surface area contributed by atoms with E-state index in [0.717, 1.165) is 16.6 Å². The number of ether oxygens (including phenoxy) is 1. The number of thiazole rings is 1. The number of carbonyl (C=O) groups excluding carboxylic acids is 1. The molecular formula is C14H19BrN2O2S.